The van der Waals surface area contributed by atoms with E-state index in [4.69, 9.17) is 35.4 Å². The second kappa shape index (κ2) is 8.70. The zero-order valence-electron chi connectivity index (χ0n) is 17.2. The average molecular weight is 506 g/mol. The fourth-order valence-corrected chi connectivity index (χ4v) is 4.26. The molecule has 1 aliphatic rings. The number of aryl methyl sites for hydroxylation is 1. The van der Waals surface area contributed by atoms with Crippen LogP contribution in [0.2, 0.25) is 10.0 Å². The summed E-state index contributed by atoms with van der Waals surface area (Å²) in [4.78, 5) is 26.9. The van der Waals surface area contributed by atoms with Crippen LogP contribution in [-0.4, -0.2) is 21.5 Å². The van der Waals surface area contributed by atoms with Crippen molar-refractivity contribution in [3.63, 3.8) is 0 Å². The Morgan fingerprint density at radius 1 is 0.939 bits per heavy atom. The number of halogens is 4. The number of rotatable bonds is 3. The van der Waals surface area contributed by atoms with Gasteiger partial charge < -0.3 is 4.57 Å². The number of benzene rings is 2. The molecule has 168 valence electrons. The van der Waals surface area contributed by atoms with Gasteiger partial charge in [-0.25, -0.2) is 8.78 Å². The van der Waals surface area contributed by atoms with Gasteiger partial charge in [-0.1, -0.05) is 23.2 Å². The molecule has 1 N–H and O–H groups in total. The summed E-state index contributed by atoms with van der Waals surface area (Å²) in [5, 5.41) is 2.12. The number of carbonyl (C=O) groups excluding carboxylic acids is 2. The largest absolute Gasteiger partial charge is 0.318 e. The maximum absolute atomic E-state index is 13.6. The van der Waals surface area contributed by atoms with E-state index >= 15 is 0 Å². The lowest BCUT2D eigenvalue weighted by molar-refractivity contribution is -0.122. The lowest BCUT2D eigenvalue weighted by atomic mass is 10.1. The van der Waals surface area contributed by atoms with Crippen molar-refractivity contribution in [2.75, 3.05) is 4.90 Å². The van der Waals surface area contributed by atoms with E-state index < -0.39 is 23.4 Å². The summed E-state index contributed by atoms with van der Waals surface area (Å²) >= 11 is 16.9. The van der Waals surface area contributed by atoms with Gasteiger partial charge in [0.2, 0.25) is 0 Å². The summed E-state index contributed by atoms with van der Waals surface area (Å²) in [5.41, 5.74) is 2.76. The molecule has 10 heteroatoms. The number of hydrogen-bond donors (Lipinski definition) is 1. The highest BCUT2D eigenvalue weighted by Gasteiger charge is 2.35. The Morgan fingerprint density at radius 2 is 1.52 bits per heavy atom. The predicted octanol–water partition coefficient (Wildman–Crippen LogP) is 5.51. The highest BCUT2D eigenvalue weighted by molar-refractivity contribution is 7.80. The van der Waals surface area contributed by atoms with Gasteiger partial charge in [-0.15, -0.1) is 0 Å². The third-order valence-corrected chi connectivity index (χ3v) is 6.06. The molecular formula is C23H15Cl2F2N3O2S. The maximum Gasteiger partial charge on any atom is 0.270 e. The minimum atomic E-state index is -0.680. The molecule has 4 rings (SSSR count). The van der Waals surface area contributed by atoms with Crippen LogP contribution in [0, 0.1) is 25.5 Å². The van der Waals surface area contributed by atoms with Crippen molar-refractivity contribution in [2.45, 2.75) is 13.8 Å². The van der Waals surface area contributed by atoms with Crippen molar-refractivity contribution in [2.24, 2.45) is 0 Å². The summed E-state index contributed by atoms with van der Waals surface area (Å²) in [6, 6.07) is 9.81. The lowest BCUT2D eigenvalue weighted by Gasteiger charge is -2.29. The number of nitrogens with one attached hydrogen (secondary N) is 1. The first-order valence-corrected chi connectivity index (χ1v) is 10.8. The Morgan fingerprint density at radius 3 is 2.12 bits per heavy atom. The summed E-state index contributed by atoms with van der Waals surface area (Å²) in [5.74, 6) is -2.53. The molecule has 0 spiro atoms. The zero-order chi connectivity index (χ0) is 24.0. The number of thiocarbonyl (C=S) groups is 1. The molecular weight excluding hydrogens is 491 g/mol. The molecule has 5 nitrogen and oxygen atoms in total. The molecule has 0 bridgehead atoms. The average Bonchev–Trinajstić information content (AvgIpc) is 3.03. The smallest absolute Gasteiger partial charge is 0.270 e. The molecule has 2 heterocycles. The topological polar surface area (TPSA) is 54.3 Å². The fourth-order valence-electron chi connectivity index (χ4n) is 3.63. The maximum atomic E-state index is 13.6. The second-order valence-corrected chi connectivity index (χ2v) is 8.52. The van der Waals surface area contributed by atoms with E-state index in [-0.39, 0.29) is 26.4 Å². The van der Waals surface area contributed by atoms with Crippen molar-refractivity contribution < 1.29 is 18.4 Å². The molecule has 1 saturated heterocycles. The summed E-state index contributed by atoms with van der Waals surface area (Å²) in [6.45, 7) is 3.63. The molecule has 0 aliphatic carbocycles. The molecule has 1 aliphatic heterocycles. The molecule has 1 aromatic heterocycles. The highest BCUT2D eigenvalue weighted by atomic mass is 35.5. The predicted molar refractivity (Wildman–Crippen MR) is 128 cm³/mol. The van der Waals surface area contributed by atoms with E-state index in [1.165, 1.54) is 30.3 Å². The van der Waals surface area contributed by atoms with E-state index in [0.717, 1.165) is 16.7 Å². The molecule has 1 fully saturated rings. The van der Waals surface area contributed by atoms with Crippen molar-refractivity contribution >= 4 is 64.1 Å². The first kappa shape index (κ1) is 23.1. The molecule has 33 heavy (non-hydrogen) atoms. The van der Waals surface area contributed by atoms with Crippen LogP contribution in [0.5, 0.6) is 0 Å². The van der Waals surface area contributed by atoms with Crippen LogP contribution in [0.15, 0.2) is 48.0 Å². The summed E-state index contributed by atoms with van der Waals surface area (Å²) in [7, 11) is 0. The minimum absolute atomic E-state index is 0.0242. The van der Waals surface area contributed by atoms with Crippen LogP contribution in [0.1, 0.15) is 17.0 Å². The van der Waals surface area contributed by atoms with Gasteiger partial charge in [0, 0.05) is 17.1 Å². The third kappa shape index (κ3) is 4.17. The molecule has 2 aromatic carbocycles. The lowest BCUT2D eigenvalue weighted by Crippen LogP contribution is -2.54. The number of anilines is 1. The third-order valence-electron chi connectivity index (χ3n) is 5.19. The van der Waals surface area contributed by atoms with Crippen molar-refractivity contribution in [3.8, 4) is 5.69 Å². The zero-order valence-corrected chi connectivity index (χ0v) is 19.6. The molecule has 3 aromatic rings. The van der Waals surface area contributed by atoms with Crippen LogP contribution in [0.4, 0.5) is 14.5 Å². The van der Waals surface area contributed by atoms with Gasteiger partial charge in [0.1, 0.15) is 17.2 Å². The Hall–Kier alpha value is -3.07. The number of carbonyl (C=O) groups is 2. The van der Waals surface area contributed by atoms with Gasteiger partial charge in [-0.3, -0.25) is 19.8 Å². The van der Waals surface area contributed by atoms with Gasteiger partial charge >= 0.3 is 0 Å². The number of aromatic nitrogens is 1. The summed E-state index contributed by atoms with van der Waals surface area (Å²) < 4.78 is 29.0. The highest BCUT2D eigenvalue weighted by Crippen LogP contribution is 2.29. The van der Waals surface area contributed by atoms with E-state index in [1.54, 1.807) is 19.1 Å². The molecule has 2 amide bonds. The standard InChI is InChI=1S/C23H15Cl2F2N3O2S/c1-11-7-13(12(2)29(11)14-3-5-19(26)17(24)9-14)8-16-21(31)28-23(33)30(22(16)32)15-4-6-20(27)18(25)10-15/h3-10H,1-2H3,(H,28,31,33)/b16-8+. The van der Waals surface area contributed by atoms with E-state index in [2.05, 4.69) is 5.32 Å². The monoisotopic (exact) mass is 505 g/mol. The Balaban J connectivity index is 1.77. The van der Waals surface area contributed by atoms with Crippen molar-refractivity contribution in [1.29, 1.82) is 0 Å². The Labute approximate surface area is 203 Å². The van der Waals surface area contributed by atoms with Gasteiger partial charge in [0.25, 0.3) is 11.8 Å². The second-order valence-electron chi connectivity index (χ2n) is 7.32. The minimum Gasteiger partial charge on any atom is -0.318 e. The van der Waals surface area contributed by atoms with Crippen LogP contribution < -0.4 is 10.2 Å². The number of amides is 2. The quantitative estimate of drug-likeness (QED) is 0.290. The van der Waals surface area contributed by atoms with Gasteiger partial charge in [0.05, 0.1) is 15.7 Å². The van der Waals surface area contributed by atoms with Gasteiger partial charge in [-0.05, 0) is 80.2 Å². The number of nitrogens with zero attached hydrogens (tertiary/aromatic N) is 2. The normalized spacial score (nSPS) is 15.4. The van der Waals surface area contributed by atoms with E-state index in [0.29, 0.717) is 16.9 Å². The molecule has 0 unspecified atom stereocenters. The van der Waals surface area contributed by atoms with E-state index in [1.807, 2.05) is 11.5 Å². The molecule has 0 radical (unpaired) electrons. The Kier molecular flexibility index (Phi) is 6.09. The van der Waals surface area contributed by atoms with Gasteiger partial charge in [-0.2, -0.15) is 0 Å². The van der Waals surface area contributed by atoms with Crippen LogP contribution in [0.25, 0.3) is 11.8 Å². The van der Waals surface area contributed by atoms with Crippen LogP contribution in [-0.2, 0) is 9.59 Å². The first-order chi connectivity index (χ1) is 15.6. The van der Waals surface area contributed by atoms with Crippen LogP contribution in [0.3, 0.4) is 0 Å². The molecule has 0 saturated carbocycles. The molecule has 0 atom stereocenters. The number of hydrogen-bond acceptors (Lipinski definition) is 3. The van der Waals surface area contributed by atoms with Gasteiger partial charge in [0.15, 0.2) is 5.11 Å². The Bertz CT molecular complexity index is 1380. The first-order valence-electron chi connectivity index (χ1n) is 9.59. The van der Waals surface area contributed by atoms with Crippen molar-refractivity contribution in [3.05, 3.63) is 86.7 Å². The summed E-state index contributed by atoms with van der Waals surface area (Å²) in [6.07, 6.45) is 1.45. The van der Waals surface area contributed by atoms with E-state index in [9.17, 15) is 18.4 Å². The SMILES string of the molecule is Cc1cc(/C=C2\C(=O)NC(=S)N(c3ccc(F)c(Cl)c3)C2=O)c(C)n1-c1ccc(F)c(Cl)c1. The van der Waals surface area contributed by atoms with Crippen molar-refractivity contribution in [1.82, 2.24) is 9.88 Å². The fraction of sp³-hybridized carbons (Fsp3) is 0.0870. The van der Waals surface area contributed by atoms with Crippen LogP contribution >= 0.6 is 35.4 Å².